The number of nitrogens with zero attached hydrogens (tertiary/aromatic N) is 4. The van der Waals surface area contributed by atoms with Crippen molar-refractivity contribution in [3.8, 4) is 0 Å². The summed E-state index contributed by atoms with van der Waals surface area (Å²) in [5.41, 5.74) is -0.0754. The van der Waals surface area contributed by atoms with Gasteiger partial charge in [-0.15, -0.1) is 11.3 Å². The van der Waals surface area contributed by atoms with Crippen molar-refractivity contribution in [3.63, 3.8) is 0 Å². The van der Waals surface area contributed by atoms with Crippen molar-refractivity contribution in [2.45, 2.75) is 19.1 Å². The number of hydrogen-bond acceptors (Lipinski definition) is 6. The number of hydrogen-bond donors (Lipinski definition) is 0. The van der Waals surface area contributed by atoms with Crippen LogP contribution in [0.15, 0.2) is 17.6 Å². The van der Waals surface area contributed by atoms with Crippen LogP contribution in [0.1, 0.15) is 22.4 Å². The Morgan fingerprint density at radius 1 is 1.36 bits per heavy atom. The van der Waals surface area contributed by atoms with E-state index in [-0.39, 0.29) is 12.0 Å². The molecule has 0 saturated carbocycles. The van der Waals surface area contributed by atoms with Gasteiger partial charge in [0.2, 0.25) is 5.95 Å². The molecule has 22 heavy (non-hydrogen) atoms. The van der Waals surface area contributed by atoms with Gasteiger partial charge in [-0.25, -0.2) is 15.0 Å². The third-order valence-corrected chi connectivity index (χ3v) is 4.30. The van der Waals surface area contributed by atoms with Crippen molar-refractivity contribution in [2.75, 3.05) is 24.7 Å². The first-order valence-corrected chi connectivity index (χ1v) is 7.50. The van der Waals surface area contributed by atoms with Gasteiger partial charge in [-0.3, -0.25) is 0 Å². The second-order valence-corrected chi connectivity index (χ2v) is 5.74. The molecule has 0 amide bonds. The summed E-state index contributed by atoms with van der Waals surface area (Å²) in [6.45, 7) is 3.06. The average Bonchev–Trinajstić information content (AvgIpc) is 2.93. The molecular formula is C13H13F3N4OS. The lowest BCUT2D eigenvalue weighted by Crippen LogP contribution is -2.40. The molecule has 1 atom stereocenters. The zero-order chi connectivity index (χ0) is 15.7. The first kappa shape index (κ1) is 15.2. The molecule has 2 aromatic rings. The quantitative estimate of drug-likeness (QED) is 0.847. The Balaban J connectivity index is 1.94. The van der Waals surface area contributed by atoms with Crippen molar-refractivity contribution in [3.05, 3.63) is 34.0 Å². The highest BCUT2D eigenvalue weighted by molar-refractivity contribution is 7.09. The van der Waals surface area contributed by atoms with Gasteiger partial charge in [0.25, 0.3) is 0 Å². The van der Waals surface area contributed by atoms with E-state index in [1.54, 1.807) is 4.90 Å². The lowest BCUT2D eigenvalue weighted by atomic mass is 10.2. The number of thiazole rings is 1. The number of morpholine rings is 1. The summed E-state index contributed by atoms with van der Waals surface area (Å²) in [5.74, 6) is 0.0518. The van der Waals surface area contributed by atoms with Crippen molar-refractivity contribution >= 4 is 17.3 Å². The van der Waals surface area contributed by atoms with E-state index in [0.29, 0.717) is 19.8 Å². The fourth-order valence-corrected chi connectivity index (χ4v) is 3.11. The second kappa shape index (κ2) is 5.81. The highest BCUT2D eigenvalue weighted by Crippen LogP contribution is 2.32. The van der Waals surface area contributed by atoms with Gasteiger partial charge < -0.3 is 9.64 Å². The molecule has 9 heteroatoms. The van der Waals surface area contributed by atoms with Gasteiger partial charge in [-0.05, 0) is 13.0 Å². The van der Waals surface area contributed by atoms with Crippen LogP contribution in [-0.2, 0) is 10.9 Å². The van der Waals surface area contributed by atoms with Gasteiger partial charge in [0.05, 0.1) is 13.2 Å². The average molecular weight is 330 g/mol. The number of anilines is 1. The van der Waals surface area contributed by atoms with Crippen LogP contribution in [-0.4, -0.2) is 34.7 Å². The topological polar surface area (TPSA) is 51.1 Å². The van der Waals surface area contributed by atoms with Crippen LogP contribution < -0.4 is 4.90 Å². The number of rotatable bonds is 2. The van der Waals surface area contributed by atoms with Gasteiger partial charge in [0, 0.05) is 23.8 Å². The van der Waals surface area contributed by atoms with Crippen LogP contribution >= 0.6 is 11.3 Å². The fraction of sp³-hybridized carbons (Fsp3) is 0.462. The Bertz CT molecular complexity index is 661. The standard InChI is InChI=1S/C13H13F3N4OS/c1-8-7-22-11(18-8)9-6-21-5-4-20(9)12-17-3-2-10(19-12)13(14,15)16/h2-3,7,9H,4-6H2,1H3. The van der Waals surface area contributed by atoms with E-state index in [4.69, 9.17) is 4.74 Å². The number of aryl methyl sites for hydroxylation is 1. The monoisotopic (exact) mass is 330 g/mol. The first-order chi connectivity index (χ1) is 10.4. The van der Waals surface area contributed by atoms with Crippen LogP contribution in [0.4, 0.5) is 19.1 Å². The molecule has 1 saturated heterocycles. The normalized spacial score (nSPS) is 19.5. The lowest BCUT2D eigenvalue weighted by molar-refractivity contribution is -0.141. The number of ether oxygens (including phenoxy) is 1. The lowest BCUT2D eigenvalue weighted by Gasteiger charge is -2.34. The highest BCUT2D eigenvalue weighted by atomic mass is 32.1. The molecule has 0 radical (unpaired) electrons. The predicted molar refractivity (Wildman–Crippen MR) is 74.8 cm³/mol. The number of aromatic nitrogens is 3. The molecule has 0 aliphatic carbocycles. The van der Waals surface area contributed by atoms with Crippen LogP contribution in [0.2, 0.25) is 0 Å². The second-order valence-electron chi connectivity index (χ2n) is 4.85. The minimum atomic E-state index is -4.49. The summed E-state index contributed by atoms with van der Waals surface area (Å²) in [6, 6.07) is 0.600. The van der Waals surface area contributed by atoms with Crippen LogP contribution in [0.3, 0.4) is 0 Å². The molecule has 1 fully saturated rings. The summed E-state index contributed by atoms with van der Waals surface area (Å²) in [4.78, 5) is 13.8. The minimum absolute atomic E-state index is 0.0518. The van der Waals surface area contributed by atoms with Crippen molar-refractivity contribution in [1.29, 1.82) is 0 Å². The van der Waals surface area contributed by atoms with E-state index in [2.05, 4.69) is 15.0 Å². The maximum atomic E-state index is 12.8. The maximum absolute atomic E-state index is 12.8. The Hall–Kier alpha value is -1.74. The van der Waals surface area contributed by atoms with E-state index < -0.39 is 11.9 Å². The summed E-state index contributed by atoms with van der Waals surface area (Å²) >= 11 is 1.45. The van der Waals surface area contributed by atoms with Gasteiger partial charge >= 0.3 is 6.18 Å². The van der Waals surface area contributed by atoms with E-state index in [0.717, 1.165) is 23.0 Å². The van der Waals surface area contributed by atoms with Gasteiger partial charge in [-0.2, -0.15) is 13.2 Å². The summed E-state index contributed by atoms with van der Waals surface area (Å²) in [5, 5.41) is 2.69. The highest BCUT2D eigenvalue weighted by Gasteiger charge is 2.35. The largest absolute Gasteiger partial charge is 0.433 e. The third kappa shape index (κ3) is 3.05. The maximum Gasteiger partial charge on any atom is 0.433 e. The Kier molecular flexibility index (Phi) is 4.00. The smallest absolute Gasteiger partial charge is 0.377 e. The zero-order valence-electron chi connectivity index (χ0n) is 11.7. The number of alkyl halides is 3. The predicted octanol–water partition coefficient (Wildman–Crippen LogP) is 2.84. The molecule has 0 bridgehead atoms. The van der Waals surface area contributed by atoms with Gasteiger partial charge in [-0.1, -0.05) is 0 Å². The summed E-state index contributed by atoms with van der Waals surface area (Å²) in [6.07, 6.45) is -3.36. The van der Waals surface area contributed by atoms with Gasteiger partial charge in [0.15, 0.2) is 0 Å². The van der Waals surface area contributed by atoms with Gasteiger partial charge in [0.1, 0.15) is 16.7 Å². The van der Waals surface area contributed by atoms with E-state index in [1.165, 1.54) is 11.3 Å². The third-order valence-electron chi connectivity index (χ3n) is 3.24. The van der Waals surface area contributed by atoms with Crippen LogP contribution in [0.5, 0.6) is 0 Å². The first-order valence-electron chi connectivity index (χ1n) is 6.62. The molecule has 3 rings (SSSR count). The fourth-order valence-electron chi connectivity index (χ4n) is 2.22. The van der Waals surface area contributed by atoms with E-state index in [9.17, 15) is 13.2 Å². The Morgan fingerprint density at radius 2 is 2.18 bits per heavy atom. The molecule has 5 nitrogen and oxygen atoms in total. The molecule has 0 spiro atoms. The van der Waals surface area contributed by atoms with Crippen LogP contribution in [0, 0.1) is 6.92 Å². The van der Waals surface area contributed by atoms with Crippen molar-refractivity contribution in [2.24, 2.45) is 0 Å². The minimum Gasteiger partial charge on any atom is -0.377 e. The molecule has 0 aromatic carbocycles. The molecule has 3 heterocycles. The molecule has 2 aromatic heterocycles. The molecule has 1 aliphatic rings. The van der Waals surface area contributed by atoms with E-state index >= 15 is 0 Å². The molecular weight excluding hydrogens is 317 g/mol. The van der Waals surface area contributed by atoms with Crippen LogP contribution in [0.25, 0.3) is 0 Å². The molecule has 1 unspecified atom stereocenters. The zero-order valence-corrected chi connectivity index (χ0v) is 12.5. The molecule has 118 valence electrons. The van der Waals surface area contributed by atoms with E-state index in [1.807, 2.05) is 12.3 Å². The SMILES string of the molecule is Cc1csc(C2COCCN2c2nccc(C(F)(F)F)n2)n1. The van der Waals surface area contributed by atoms with Crippen molar-refractivity contribution < 1.29 is 17.9 Å². The Morgan fingerprint density at radius 3 is 2.86 bits per heavy atom. The Labute approximate surface area is 128 Å². The van der Waals surface area contributed by atoms with Crippen molar-refractivity contribution in [1.82, 2.24) is 15.0 Å². The number of halogens is 3. The molecule has 0 N–H and O–H groups in total. The molecule has 1 aliphatic heterocycles. The summed E-state index contributed by atoms with van der Waals surface area (Å²) in [7, 11) is 0. The summed E-state index contributed by atoms with van der Waals surface area (Å²) < 4.78 is 43.9.